The van der Waals surface area contributed by atoms with Crippen LogP contribution in [-0.2, 0) is 14.1 Å². The van der Waals surface area contributed by atoms with Gasteiger partial charge in [0.2, 0.25) is 11.2 Å². The van der Waals surface area contributed by atoms with Crippen molar-refractivity contribution in [2.45, 2.75) is 44.8 Å². The number of carbonyl (C=O) groups excluding carboxylic acids is 1. The molecule has 0 radical (unpaired) electrons. The standard InChI is InChI=1S/C18H20ClNO4P/c1-13(18(21)23-15-9-3-4-10-15)20(25(19)22)24-17-12-6-8-14-7-2-5-11-16(14)17/h2,5-8,11-13,15H,3-4,9-10H2,1H3/q+1. The SMILES string of the molecule is CC(C(=O)OC1CCCC1)N(Oc1cccc2ccccc12)[P+](=O)Cl. The number of carbonyl (C=O) groups is 1. The molecule has 7 heteroatoms. The molecule has 0 aromatic heterocycles. The maximum absolute atomic E-state index is 12.4. The minimum Gasteiger partial charge on any atom is -0.461 e. The number of fused-ring (bicyclic) bond motifs is 1. The van der Waals surface area contributed by atoms with Gasteiger partial charge < -0.3 is 9.57 Å². The molecular formula is C18H20ClNO4P+. The van der Waals surface area contributed by atoms with Crippen LogP contribution in [0.3, 0.4) is 0 Å². The third-order valence-corrected chi connectivity index (χ3v) is 5.54. The molecule has 1 fully saturated rings. The molecule has 1 saturated carbocycles. The first-order chi connectivity index (χ1) is 12.1. The van der Waals surface area contributed by atoms with Gasteiger partial charge in [-0.1, -0.05) is 36.4 Å². The Morgan fingerprint density at radius 1 is 1.20 bits per heavy atom. The van der Waals surface area contributed by atoms with E-state index in [2.05, 4.69) is 0 Å². The fourth-order valence-electron chi connectivity index (χ4n) is 2.98. The van der Waals surface area contributed by atoms with Gasteiger partial charge in [0.1, 0.15) is 10.9 Å². The average Bonchev–Trinajstić information content (AvgIpc) is 3.11. The molecule has 0 spiro atoms. The minimum absolute atomic E-state index is 0.0671. The first-order valence-electron chi connectivity index (χ1n) is 8.34. The predicted octanol–water partition coefficient (Wildman–Crippen LogP) is 5.21. The van der Waals surface area contributed by atoms with E-state index in [4.69, 9.17) is 20.8 Å². The first kappa shape index (κ1) is 18.1. The van der Waals surface area contributed by atoms with E-state index in [1.165, 1.54) is 0 Å². The summed E-state index contributed by atoms with van der Waals surface area (Å²) in [7, 11) is -2.40. The highest BCUT2D eigenvalue weighted by atomic mass is 35.7. The number of nitrogens with zero attached hydrogens (tertiary/aromatic N) is 1. The topological polar surface area (TPSA) is 55.8 Å². The van der Waals surface area contributed by atoms with Gasteiger partial charge in [-0.15, -0.1) is 0 Å². The molecule has 0 saturated heterocycles. The number of esters is 1. The van der Waals surface area contributed by atoms with E-state index < -0.39 is 19.3 Å². The van der Waals surface area contributed by atoms with Crippen molar-refractivity contribution in [3.05, 3.63) is 42.5 Å². The van der Waals surface area contributed by atoms with E-state index in [-0.39, 0.29) is 6.10 Å². The quantitative estimate of drug-likeness (QED) is 0.391. The highest BCUT2D eigenvalue weighted by Gasteiger charge is 2.41. The van der Waals surface area contributed by atoms with Crippen LogP contribution in [-0.4, -0.2) is 22.9 Å². The number of rotatable bonds is 6. The fraction of sp³-hybridized carbons (Fsp3) is 0.389. The lowest BCUT2D eigenvalue weighted by molar-refractivity contribution is -0.159. The van der Waals surface area contributed by atoms with Gasteiger partial charge in [-0.3, -0.25) is 4.79 Å². The van der Waals surface area contributed by atoms with Crippen molar-refractivity contribution in [3.8, 4) is 5.75 Å². The zero-order valence-corrected chi connectivity index (χ0v) is 15.6. The third-order valence-electron chi connectivity index (χ3n) is 4.35. The summed E-state index contributed by atoms with van der Waals surface area (Å²) in [6.45, 7) is 1.58. The highest BCUT2D eigenvalue weighted by Crippen LogP contribution is 2.38. The van der Waals surface area contributed by atoms with Gasteiger partial charge in [0, 0.05) is 5.39 Å². The van der Waals surface area contributed by atoms with E-state index in [1.54, 1.807) is 13.0 Å². The summed E-state index contributed by atoms with van der Waals surface area (Å²) in [6, 6.07) is 12.3. The summed E-state index contributed by atoms with van der Waals surface area (Å²) in [5, 5.41) is 1.82. The zero-order chi connectivity index (χ0) is 17.8. The van der Waals surface area contributed by atoms with Crippen molar-refractivity contribution in [1.82, 2.24) is 4.83 Å². The van der Waals surface area contributed by atoms with E-state index >= 15 is 0 Å². The average molecular weight is 381 g/mol. The summed E-state index contributed by atoms with van der Waals surface area (Å²) >= 11 is 5.80. The Morgan fingerprint density at radius 3 is 2.60 bits per heavy atom. The highest BCUT2D eigenvalue weighted by molar-refractivity contribution is 7.71. The summed E-state index contributed by atoms with van der Waals surface area (Å²) < 4.78 is 17.5. The molecule has 25 heavy (non-hydrogen) atoms. The van der Waals surface area contributed by atoms with E-state index in [0.717, 1.165) is 41.3 Å². The van der Waals surface area contributed by atoms with Crippen LogP contribution in [0.25, 0.3) is 10.8 Å². The molecule has 1 aliphatic rings. The monoisotopic (exact) mass is 380 g/mol. The second-order valence-corrected chi connectivity index (χ2v) is 7.83. The van der Waals surface area contributed by atoms with Crippen molar-refractivity contribution >= 4 is 35.3 Å². The summed E-state index contributed by atoms with van der Waals surface area (Å²) in [6.07, 6.45) is 3.80. The summed E-state index contributed by atoms with van der Waals surface area (Å²) in [5.41, 5.74) is 0. The number of hydroxylamine groups is 1. The Hall–Kier alpha value is -1.68. The Kier molecular flexibility index (Phi) is 5.89. The molecule has 0 bridgehead atoms. The largest absolute Gasteiger partial charge is 0.593 e. The smallest absolute Gasteiger partial charge is 0.461 e. The number of ether oxygens (including phenoxy) is 1. The van der Waals surface area contributed by atoms with Gasteiger partial charge in [-0.05, 0) is 48.6 Å². The molecule has 1 aliphatic carbocycles. The lowest BCUT2D eigenvalue weighted by Crippen LogP contribution is -2.38. The molecule has 3 rings (SSSR count). The maximum Gasteiger partial charge on any atom is 0.593 e. The fourth-order valence-corrected chi connectivity index (χ4v) is 3.99. The van der Waals surface area contributed by atoms with Crippen molar-refractivity contribution < 1.29 is 18.9 Å². The minimum atomic E-state index is -2.40. The molecule has 0 aliphatic heterocycles. The molecule has 2 unspecified atom stereocenters. The number of halogens is 1. The molecule has 2 aromatic carbocycles. The number of hydrogen-bond acceptors (Lipinski definition) is 4. The summed E-state index contributed by atoms with van der Waals surface area (Å²) in [4.78, 5) is 19.1. The van der Waals surface area contributed by atoms with E-state index in [1.807, 2.05) is 36.4 Å². The number of benzene rings is 2. The molecule has 0 N–H and O–H groups in total. The zero-order valence-electron chi connectivity index (χ0n) is 13.9. The first-order valence-corrected chi connectivity index (χ1v) is 10.5. The predicted molar refractivity (Wildman–Crippen MR) is 97.7 cm³/mol. The van der Waals surface area contributed by atoms with Crippen molar-refractivity contribution in [2.24, 2.45) is 0 Å². The van der Waals surface area contributed by atoms with Crippen molar-refractivity contribution in [3.63, 3.8) is 0 Å². The normalized spacial score (nSPS) is 16.8. The molecule has 2 aromatic rings. The molecular weight excluding hydrogens is 361 g/mol. The van der Waals surface area contributed by atoms with Crippen LogP contribution in [0.1, 0.15) is 32.6 Å². The lowest BCUT2D eigenvalue weighted by Gasteiger charge is -2.19. The van der Waals surface area contributed by atoms with Gasteiger partial charge in [0.15, 0.2) is 11.8 Å². The van der Waals surface area contributed by atoms with Crippen LogP contribution in [0.4, 0.5) is 0 Å². The molecule has 5 nitrogen and oxygen atoms in total. The molecule has 132 valence electrons. The van der Waals surface area contributed by atoms with Gasteiger partial charge in [0.25, 0.3) is 0 Å². The van der Waals surface area contributed by atoms with E-state index in [9.17, 15) is 9.36 Å². The van der Waals surface area contributed by atoms with Gasteiger partial charge in [0.05, 0.1) is 0 Å². The van der Waals surface area contributed by atoms with Crippen LogP contribution < -0.4 is 4.84 Å². The Labute approximate surface area is 152 Å². The lowest BCUT2D eigenvalue weighted by atomic mass is 10.1. The molecule has 0 amide bonds. The third kappa shape index (κ3) is 4.30. The number of hydrogen-bond donors (Lipinski definition) is 0. The molecule has 0 heterocycles. The molecule has 2 atom stereocenters. The second-order valence-electron chi connectivity index (χ2n) is 6.12. The van der Waals surface area contributed by atoms with Crippen LogP contribution in [0.15, 0.2) is 42.5 Å². The van der Waals surface area contributed by atoms with Gasteiger partial charge in [-0.25, -0.2) is 0 Å². The maximum atomic E-state index is 12.4. The van der Waals surface area contributed by atoms with Crippen LogP contribution in [0.2, 0.25) is 0 Å². The Morgan fingerprint density at radius 2 is 1.88 bits per heavy atom. The summed E-state index contributed by atoms with van der Waals surface area (Å²) in [5.74, 6) is 0.0127. The van der Waals surface area contributed by atoms with Crippen LogP contribution in [0, 0.1) is 0 Å². The van der Waals surface area contributed by atoms with Crippen molar-refractivity contribution in [2.75, 3.05) is 0 Å². The van der Waals surface area contributed by atoms with Gasteiger partial charge in [-0.2, -0.15) is 0 Å². The van der Waals surface area contributed by atoms with Crippen LogP contribution >= 0.6 is 18.5 Å². The Bertz CT molecular complexity index is 773. The Balaban J connectivity index is 1.78. The van der Waals surface area contributed by atoms with Gasteiger partial charge >= 0.3 is 13.3 Å². The second kappa shape index (κ2) is 8.13. The van der Waals surface area contributed by atoms with Crippen molar-refractivity contribution in [1.29, 1.82) is 0 Å². The van der Waals surface area contributed by atoms with E-state index in [0.29, 0.717) is 5.75 Å². The van der Waals surface area contributed by atoms with Crippen LogP contribution in [0.5, 0.6) is 5.75 Å².